The third kappa shape index (κ3) is 51.2. The van der Waals surface area contributed by atoms with Crippen molar-refractivity contribution in [2.45, 2.75) is 238 Å². The lowest BCUT2D eigenvalue weighted by Gasteiger charge is -2.15. The number of carbonyl (C=O) groups excluding carboxylic acids is 2. The summed E-state index contributed by atoms with van der Waals surface area (Å²) >= 11 is 0. The first kappa shape index (κ1) is 60.6. The predicted molar refractivity (Wildman–Crippen MR) is 279 cm³/mol. The van der Waals surface area contributed by atoms with E-state index < -0.39 is 6.10 Å². The molecule has 0 saturated heterocycles. The highest BCUT2D eigenvalue weighted by molar-refractivity contribution is 5.70. The Morgan fingerprint density at radius 3 is 0.938 bits per heavy atom. The zero-order valence-electron chi connectivity index (χ0n) is 41.5. The van der Waals surface area contributed by atoms with E-state index >= 15 is 0 Å². The minimum absolute atomic E-state index is 0.0756. The average Bonchev–Trinajstić information content (AvgIpc) is 3.30. The molecule has 1 atom stereocenters. The molecule has 0 radical (unpaired) electrons. The normalized spacial score (nSPS) is 13.1. The molecule has 0 aliphatic carbocycles. The molecule has 5 nitrogen and oxygen atoms in total. The highest BCUT2D eigenvalue weighted by Crippen LogP contribution is 2.15. The first-order valence-electron chi connectivity index (χ1n) is 26.4. The third-order valence-electron chi connectivity index (χ3n) is 11.1. The van der Waals surface area contributed by atoms with Gasteiger partial charge in [-0.2, -0.15) is 0 Å². The maximum absolute atomic E-state index is 12.3. The van der Waals surface area contributed by atoms with Crippen molar-refractivity contribution in [3.8, 4) is 0 Å². The van der Waals surface area contributed by atoms with Crippen molar-refractivity contribution < 1.29 is 24.2 Å². The van der Waals surface area contributed by atoms with E-state index in [2.05, 4.69) is 123 Å². The summed E-state index contributed by atoms with van der Waals surface area (Å²) in [6, 6.07) is 0. The lowest BCUT2D eigenvalue weighted by Crippen LogP contribution is -2.28. The zero-order chi connectivity index (χ0) is 46.3. The minimum atomic E-state index is -0.783. The number of ether oxygens (including phenoxy) is 2. The SMILES string of the molecule is CC/C=C\C/C=C\C/C=C\C/C=C\C/C=C\C/C=C\CCCCCCCCCCCCCCCCC(=O)OC(CO)COC(=O)CCCCCCCCC/C=C\C/C=C\C/C=C\CC. The van der Waals surface area contributed by atoms with Gasteiger partial charge in [-0.3, -0.25) is 9.59 Å². The molecular formula is C59H98O5. The fraction of sp³-hybridized carbons (Fsp3) is 0.661. The molecular weight excluding hydrogens is 789 g/mol. The molecule has 0 amide bonds. The number of allylic oxidation sites excluding steroid dienone is 18. The monoisotopic (exact) mass is 887 g/mol. The van der Waals surface area contributed by atoms with Gasteiger partial charge in [-0.1, -0.05) is 232 Å². The number of carbonyl (C=O) groups is 2. The Kier molecular flexibility index (Phi) is 51.0. The number of unbranched alkanes of at least 4 members (excludes halogenated alkanes) is 21. The molecule has 1 N–H and O–H groups in total. The molecule has 0 aromatic carbocycles. The van der Waals surface area contributed by atoms with E-state index in [-0.39, 0.29) is 25.2 Å². The van der Waals surface area contributed by atoms with Crippen molar-refractivity contribution in [1.82, 2.24) is 0 Å². The predicted octanol–water partition coefficient (Wildman–Crippen LogP) is 17.7. The quantitative estimate of drug-likeness (QED) is 0.0374. The van der Waals surface area contributed by atoms with Gasteiger partial charge in [-0.25, -0.2) is 0 Å². The molecule has 1 unspecified atom stereocenters. The number of rotatable bonds is 47. The number of hydrogen-bond donors (Lipinski definition) is 1. The molecule has 0 heterocycles. The van der Waals surface area contributed by atoms with Crippen LogP contribution in [-0.4, -0.2) is 36.4 Å². The van der Waals surface area contributed by atoms with Crippen LogP contribution in [0.25, 0.3) is 0 Å². The summed E-state index contributed by atoms with van der Waals surface area (Å²) < 4.78 is 10.7. The first-order chi connectivity index (χ1) is 31.6. The second-order valence-corrected chi connectivity index (χ2v) is 17.2. The molecule has 0 spiro atoms. The van der Waals surface area contributed by atoms with Crippen LogP contribution in [0.5, 0.6) is 0 Å². The molecule has 0 aromatic heterocycles. The molecule has 0 aliphatic rings. The summed E-state index contributed by atoms with van der Waals surface area (Å²) in [7, 11) is 0. The van der Waals surface area contributed by atoms with Crippen LogP contribution < -0.4 is 0 Å². The van der Waals surface area contributed by atoms with Gasteiger partial charge in [0.2, 0.25) is 0 Å². The Labute approximate surface area is 395 Å². The van der Waals surface area contributed by atoms with Gasteiger partial charge in [0.25, 0.3) is 0 Å². The third-order valence-corrected chi connectivity index (χ3v) is 11.1. The fourth-order valence-electron chi connectivity index (χ4n) is 7.16. The smallest absolute Gasteiger partial charge is 0.306 e. The van der Waals surface area contributed by atoms with E-state index in [1.54, 1.807) is 0 Å². The van der Waals surface area contributed by atoms with Gasteiger partial charge in [-0.05, 0) is 96.3 Å². The number of hydrogen-bond acceptors (Lipinski definition) is 5. The van der Waals surface area contributed by atoms with Crippen LogP contribution in [-0.2, 0) is 19.1 Å². The van der Waals surface area contributed by atoms with Crippen LogP contribution >= 0.6 is 0 Å². The van der Waals surface area contributed by atoms with Crippen molar-refractivity contribution >= 4 is 11.9 Å². The van der Waals surface area contributed by atoms with E-state index in [9.17, 15) is 14.7 Å². The molecule has 0 aliphatic heterocycles. The Morgan fingerprint density at radius 1 is 0.359 bits per heavy atom. The Morgan fingerprint density at radius 2 is 0.625 bits per heavy atom. The van der Waals surface area contributed by atoms with Crippen LogP contribution in [0, 0.1) is 0 Å². The topological polar surface area (TPSA) is 72.8 Å². The summed E-state index contributed by atoms with van der Waals surface area (Å²) in [5.41, 5.74) is 0. The molecule has 0 fully saturated rings. The van der Waals surface area contributed by atoms with Gasteiger partial charge in [0.15, 0.2) is 6.10 Å². The highest BCUT2D eigenvalue weighted by Gasteiger charge is 2.16. The van der Waals surface area contributed by atoms with Crippen LogP contribution in [0.4, 0.5) is 0 Å². The lowest BCUT2D eigenvalue weighted by molar-refractivity contribution is -0.161. The maximum Gasteiger partial charge on any atom is 0.306 e. The van der Waals surface area contributed by atoms with Crippen LogP contribution in [0.3, 0.4) is 0 Å². The number of esters is 2. The summed E-state index contributed by atoms with van der Waals surface area (Å²) in [6.45, 7) is 3.91. The second kappa shape index (κ2) is 53.9. The van der Waals surface area contributed by atoms with Gasteiger partial charge in [-0.15, -0.1) is 0 Å². The Balaban J connectivity index is 3.52. The van der Waals surface area contributed by atoms with Crippen molar-refractivity contribution in [2.24, 2.45) is 0 Å². The minimum Gasteiger partial charge on any atom is -0.462 e. The summed E-state index contributed by atoms with van der Waals surface area (Å²) in [4.78, 5) is 24.5. The van der Waals surface area contributed by atoms with Crippen LogP contribution in [0.15, 0.2) is 109 Å². The highest BCUT2D eigenvalue weighted by atomic mass is 16.6. The van der Waals surface area contributed by atoms with Gasteiger partial charge < -0.3 is 14.6 Å². The molecule has 364 valence electrons. The molecule has 0 saturated carbocycles. The van der Waals surface area contributed by atoms with Crippen LogP contribution in [0.2, 0.25) is 0 Å². The molecule has 0 rings (SSSR count). The van der Waals surface area contributed by atoms with E-state index in [0.717, 1.165) is 103 Å². The largest absolute Gasteiger partial charge is 0.462 e. The summed E-state index contributed by atoms with van der Waals surface area (Å²) in [6.07, 6.45) is 77.6. The van der Waals surface area contributed by atoms with E-state index in [0.29, 0.717) is 12.8 Å². The summed E-state index contributed by atoms with van der Waals surface area (Å²) in [5.74, 6) is -0.605. The van der Waals surface area contributed by atoms with Gasteiger partial charge in [0.1, 0.15) is 6.61 Å². The van der Waals surface area contributed by atoms with Gasteiger partial charge in [0, 0.05) is 12.8 Å². The van der Waals surface area contributed by atoms with Crippen molar-refractivity contribution in [2.75, 3.05) is 13.2 Å². The van der Waals surface area contributed by atoms with Crippen molar-refractivity contribution in [3.63, 3.8) is 0 Å². The Bertz CT molecular complexity index is 1280. The lowest BCUT2D eigenvalue weighted by atomic mass is 10.0. The average molecular weight is 887 g/mol. The van der Waals surface area contributed by atoms with Gasteiger partial charge >= 0.3 is 11.9 Å². The number of aliphatic hydroxyl groups excluding tert-OH is 1. The van der Waals surface area contributed by atoms with E-state index in [1.807, 2.05) is 0 Å². The van der Waals surface area contributed by atoms with E-state index in [1.165, 1.54) is 103 Å². The maximum atomic E-state index is 12.3. The summed E-state index contributed by atoms with van der Waals surface area (Å²) in [5, 5.41) is 9.63. The van der Waals surface area contributed by atoms with E-state index in [4.69, 9.17) is 9.47 Å². The first-order valence-corrected chi connectivity index (χ1v) is 26.4. The molecule has 0 aromatic rings. The molecule has 0 bridgehead atoms. The zero-order valence-corrected chi connectivity index (χ0v) is 41.5. The van der Waals surface area contributed by atoms with Gasteiger partial charge in [0.05, 0.1) is 6.61 Å². The Hall–Kier alpha value is -3.44. The van der Waals surface area contributed by atoms with Crippen LogP contribution in [0.1, 0.15) is 232 Å². The number of aliphatic hydroxyl groups is 1. The fourth-order valence-corrected chi connectivity index (χ4v) is 7.16. The second-order valence-electron chi connectivity index (χ2n) is 17.2. The van der Waals surface area contributed by atoms with Crippen molar-refractivity contribution in [3.05, 3.63) is 109 Å². The molecule has 64 heavy (non-hydrogen) atoms. The standard InChI is InChI=1S/C59H98O5/c1-3-5-7-9-11-13-15-17-19-21-22-23-24-25-26-27-28-29-30-31-32-33-34-35-36-38-40-42-44-46-48-50-52-54-59(62)64-57(55-60)56-63-58(61)53-51-49-47-45-43-41-39-37-20-18-16-14-12-10-8-6-4-2/h5-8,11-14,17-20,22-23,25-26,28-29,57,60H,3-4,9-10,15-16,21,24,27,30-56H2,1-2H3/b7-5-,8-6-,13-11-,14-12-,19-17-,20-18-,23-22-,26-25-,29-28-. The molecule has 5 heteroatoms. The van der Waals surface area contributed by atoms with Crippen molar-refractivity contribution in [1.29, 1.82) is 0 Å².